The Morgan fingerprint density at radius 3 is 2.83 bits per heavy atom. The predicted molar refractivity (Wildman–Crippen MR) is 88.3 cm³/mol. The molecule has 1 unspecified atom stereocenters. The van der Waals surface area contributed by atoms with Gasteiger partial charge in [0.15, 0.2) is 0 Å². The minimum atomic E-state index is -0.159. The van der Waals surface area contributed by atoms with Gasteiger partial charge in [0.05, 0.1) is 6.54 Å². The maximum atomic E-state index is 13.2. The normalized spacial score (nSPS) is 18.7. The molecule has 1 fully saturated rings. The minimum absolute atomic E-state index is 0.159. The average Bonchev–Trinajstić information content (AvgIpc) is 3.00. The van der Waals surface area contributed by atoms with Gasteiger partial charge in [0.2, 0.25) is 0 Å². The summed E-state index contributed by atoms with van der Waals surface area (Å²) in [5.74, 6) is 0.705. The molecule has 0 N–H and O–H groups in total. The molecule has 2 heterocycles. The second-order valence-corrected chi connectivity index (χ2v) is 6.33. The number of aryl methyl sites for hydroxylation is 1. The van der Waals surface area contributed by atoms with Crippen molar-refractivity contribution in [2.24, 2.45) is 0 Å². The van der Waals surface area contributed by atoms with Crippen LogP contribution >= 0.6 is 0 Å². The highest BCUT2D eigenvalue weighted by Gasteiger charge is 2.26. The van der Waals surface area contributed by atoms with E-state index in [1.54, 1.807) is 24.5 Å². The molecular weight excluding hydrogens is 291 g/mol. The first-order chi connectivity index (χ1) is 11.1. The lowest BCUT2D eigenvalue weighted by Gasteiger charge is -2.24. The van der Waals surface area contributed by atoms with Gasteiger partial charge in [0.1, 0.15) is 11.6 Å². The highest BCUT2D eigenvalue weighted by molar-refractivity contribution is 5.26. The standard InChI is InChI=1S/C18H23FN4/c1-14-10-16(19)5-4-15(14)11-23-9-6-17(12-23)22(2)13-18-20-7-3-8-21-18/h3-5,7-8,10,17H,6,9,11-13H2,1-2H3. The van der Waals surface area contributed by atoms with E-state index >= 15 is 0 Å². The Labute approximate surface area is 137 Å². The first-order valence-corrected chi connectivity index (χ1v) is 8.05. The Kier molecular flexibility index (Phi) is 4.98. The van der Waals surface area contributed by atoms with Crippen molar-refractivity contribution in [1.29, 1.82) is 0 Å². The predicted octanol–water partition coefficient (Wildman–Crippen LogP) is 2.63. The number of halogens is 1. The summed E-state index contributed by atoms with van der Waals surface area (Å²) in [5, 5.41) is 0. The van der Waals surface area contributed by atoms with Crippen molar-refractivity contribution in [2.75, 3.05) is 20.1 Å². The van der Waals surface area contributed by atoms with Gasteiger partial charge in [-0.25, -0.2) is 14.4 Å². The number of nitrogens with zero attached hydrogens (tertiary/aromatic N) is 4. The van der Waals surface area contributed by atoms with Gasteiger partial charge in [-0.1, -0.05) is 6.07 Å². The van der Waals surface area contributed by atoms with Crippen LogP contribution in [0.15, 0.2) is 36.7 Å². The molecule has 4 nitrogen and oxygen atoms in total. The van der Waals surface area contributed by atoms with Crippen molar-refractivity contribution in [3.63, 3.8) is 0 Å². The van der Waals surface area contributed by atoms with Crippen LogP contribution in [0.1, 0.15) is 23.4 Å². The molecule has 1 saturated heterocycles. The molecule has 1 aromatic carbocycles. The van der Waals surface area contributed by atoms with Gasteiger partial charge in [-0.05, 0) is 49.7 Å². The molecule has 1 aliphatic rings. The fourth-order valence-corrected chi connectivity index (χ4v) is 3.16. The maximum absolute atomic E-state index is 13.2. The number of aromatic nitrogens is 2. The second kappa shape index (κ2) is 7.15. The molecule has 3 rings (SSSR count). The lowest BCUT2D eigenvalue weighted by atomic mass is 10.1. The van der Waals surface area contributed by atoms with Gasteiger partial charge >= 0.3 is 0 Å². The fourth-order valence-electron chi connectivity index (χ4n) is 3.16. The first kappa shape index (κ1) is 16.0. The molecule has 1 aliphatic heterocycles. The van der Waals surface area contributed by atoms with Crippen molar-refractivity contribution < 1.29 is 4.39 Å². The van der Waals surface area contributed by atoms with Gasteiger partial charge in [-0.3, -0.25) is 9.80 Å². The molecule has 0 amide bonds. The van der Waals surface area contributed by atoms with E-state index in [0.717, 1.165) is 44.0 Å². The van der Waals surface area contributed by atoms with Crippen LogP contribution in [0, 0.1) is 12.7 Å². The van der Waals surface area contributed by atoms with Gasteiger partial charge < -0.3 is 0 Å². The molecule has 0 spiro atoms. The largest absolute Gasteiger partial charge is 0.297 e. The topological polar surface area (TPSA) is 32.3 Å². The van der Waals surface area contributed by atoms with E-state index in [9.17, 15) is 4.39 Å². The number of hydrogen-bond acceptors (Lipinski definition) is 4. The van der Waals surface area contributed by atoms with Crippen LogP contribution in [0.2, 0.25) is 0 Å². The minimum Gasteiger partial charge on any atom is -0.297 e. The molecule has 0 radical (unpaired) electrons. The molecule has 0 aliphatic carbocycles. The molecule has 2 aromatic rings. The lowest BCUT2D eigenvalue weighted by molar-refractivity contribution is 0.218. The number of likely N-dealkylation sites (tertiary alicyclic amines) is 1. The number of hydrogen-bond donors (Lipinski definition) is 0. The third-order valence-electron chi connectivity index (χ3n) is 4.58. The molecule has 1 atom stereocenters. The Morgan fingerprint density at radius 2 is 2.09 bits per heavy atom. The zero-order valence-corrected chi connectivity index (χ0v) is 13.7. The van der Waals surface area contributed by atoms with Crippen molar-refractivity contribution in [3.05, 3.63) is 59.4 Å². The van der Waals surface area contributed by atoms with E-state index in [4.69, 9.17) is 0 Å². The number of rotatable bonds is 5. The average molecular weight is 314 g/mol. The van der Waals surface area contributed by atoms with Crippen molar-refractivity contribution >= 4 is 0 Å². The zero-order valence-electron chi connectivity index (χ0n) is 13.7. The third kappa shape index (κ3) is 4.12. The summed E-state index contributed by atoms with van der Waals surface area (Å²) in [7, 11) is 2.13. The van der Waals surface area contributed by atoms with E-state index in [0.29, 0.717) is 6.04 Å². The van der Waals surface area contributed by atoms with Gasteiger partial charge in [-0.15, -0.1) is 0 Å². The number of benzene rings is 1. The van der Waals surface area contributed by atoms with Gasteiger partial charge in [-0.2, -0.15) is 0 Å². The first-order valence-electron chi connectivity index (χ1n) is 8.05. The Balaban J connectivity index is 1.55. The van der Waals surface area contributed by atoms with E-state index in [-0.39, 0.29) is 5.82 Å². The molecule has 5 heteroatoms. The summed E-state index contributed by atoms with van der Waals surface area (Å²) in [4.78, 5) is 13.4. The quantitative estimate of drug-likeness (QED) is 0.849. The summed E-state index contributed by atoms with van der Waals surface area (Å²) < 4.78 is 13.2. The molecular formula is C18H23FN4. The van der Waals surface area contributed by atoms with Crippen LogP contribution < -0.4 is 0 Å². The number of likely N-dealkylation sites (N-methyl/N-ethyl adjacent to an activating group) is 1. The summed E-state index contributed by atoms with van der Waals surface area (Å²) in [5.41, 5.74) is 2.24. The summed E-state index contributed by atoms with van der Waals surface area (Å²) >= 11 is 0. The van der Waals surface area contributed by atoms with E-state index in [1.807, 2.05) is 19.1 Å². The SMILES string of the molecule is Cc1cc(F)ccc1CN1CCC(N(C)Cc2ncccn2)C1. The van der Waals surface area contributed by atoms with Gasteiger partial charge in [0, 0.05) is 38.1 Å². The summed E-state index contributed by atoms with van der Waals surface area (Å²) in [6.07, 6.45) is 4.71. The van der Waals surface area contributed by atoms with Crippen LogP contribution in [0.4, 0.5) is 4.39 Å². The Bertz CT molecular complexity index is 647. The summed E-state index contributed by atoms with van der Waals surface area (Å²) in [6, 6.07) is 7.42. The molecule has 0 bridgehead atoms. The maximum Gasteiger partial charge on any atom is 0.142 e. The fraction of sp³-hybridized carbons (Fsp3) is 0.444. The lowest BCUT2D eigenvalue weighted by Crippen LogP contribution is -2.34. The zero-order chi connectivity index (χ0) is 16.2. The Hall–Kier alpha value is -1.85. The molecule has 23 heavy (non-hydrogen) atoms. The van der Waals surface area contributed by atoms with Crippen molar-refractivity contribution in [2.45, 2.75) is 32.5 Å². The van der Waals surface area contributed by atoms with E-state index in [2.05, 4.69) is 26.8 Å². The molecule has 122 valence electrons. The molecule has 1 aromatic heterocycles. The second-order valence-electron chi connectivity index (χ2n) is 6.33. The van der Waals surface area contributed by atoms with Crippen LogP contribution in [-0.4, -0.2) is 45.9 Å². The van der Waals surface area contributed by atoms with Crippen molar-refractivity contribution in [1.82, 2.24) is 19.8 Å². The van der Waals surface area contributed by atoms with Crippen LogP contribution in [0.5, 0.6) is 0 Å². The highest BCUT2D eigenvalue weighted by atomic mass is 19.1. The monoisotopic (exact) mass is 314 g/mol. The molecule has 0 saturated carbocycles. The smallest absolute Gasteiger partial charge is 0.142 e. The van der Waals surface area contributed by atoms with E-state index in [1.165, 1.54) is 5.56 Å². The van der Waals surface area contributed by atoms with Crippen molar-refractivity contribution in [3.8, 4) is 0 Å². The van der Waals surface area contributed by atoms with Gasteiger partial charge in [0.25, 0.3) is 0 Å². The van der Waals surface area contributed by atoms with E-state index < -0.39 is 0 Å². The Morgan fingerprint density at radius 1 is 1.30 bits per heavy atom. The highest BCUT2D eigenvalue weighted by Crippen LogP contribution is 2.20. The van der Waals surface area contributed by atoms with Crippen LogP contribution in [-0.2, 0) is 13.1 Å². The van der Waals surface area contributed by atoms with Crippen LogP contribution in [0.3, 0.4) is 0 Å². The van der Waals surface area contributed by atoms with Crippen LogP contribution in [0.25, 0.3) is 0 Å². The third-order valence-corrected chi connectivity index (χ3v) is 4.58. The summed E-state index contributed by atoms with van der Waals surface area (Å²) in [6.45, 7) is 5.74.